The molecule has 0 aliphatic rings. The van der Waals surface area contributed by atoms with Crippen molar-refractivity contribution in [1.29, 1.82) is 0 Å². The van der Waals surface area contributed by atoms with Crippen molar-refractivity contribution in [3.05, 3.63) is 50.1 Å². The van der Waals surface area contributed by atoms with Gasteiger partial charge in [0, 0.05) is 5.92 Å². The third kappa shape index (κ3) is 8.72. The molecule has 0 spiro atoms. The van der Waals surface area contributed by atoms with Crippen LogP contribution < -0.4 is 0 Å². The predicted molar refractivity (Wildman–Crippen MR) is 97.4 cm³/mol. The smallest absolute Gasteiger partial charge is 0.0978 e. The Balaban J connectivity index is 4.91. The molecule has 0 aliphatic heterocycles. The van der Waals surface area contributed by atoms with Crippen molar-refractivity contribution in [2.45, 2.75) is 46.0 Å². The summed E-state index contributed by atoms with van der Waals surface area (Å²) in [4.78, 5) is 0. The van der Waals surface area contributed by atoms with Gasteiger partial charge in [-0.05, 0) is 37.5 Å². The quantitative estimate of drug-likeness (QED) is 0.292. The summed E-state index contributed by atoms with van der Waals surface area (Å²) in [6.45, 7) is 20.7. The van der Waals surface area contributed by atoms with Crippen molar-refractivity contribution in [3.63, 3.8) is 0 Å². The number of hydrogen-bond donors (Lipinski definition) is 0. The van der Waals surface area contributed by atoms with E-state index in [1.807, 2.05) is 6.08 Å². The van der Waals surface area contributed by atoms with Crippen LogP contribution in [-0.2, 0) is 0 Å². The average molecular weight is 291 g/mol. The zero-order chi connectivity index (χ0) is 16.0. The second kappa shape index (κ2) is 12.6. The van der Waals surface area contributed by atoms with Crippen LogP contribution in [0.15, 0.2) is 50.1 Å². The van der Waals surface area contributed by atoms with Gasteiger partial charge < -0.3 is 4.48 Å². The van der Waals surface area contributed by atoms with Crippen LogP contribution in [0.5, 0.6) is 0 Å². The molecule has 0 radical (unpaired) electrons. The van der Waals surface area contributed by atoms with Crippen molar-refractivity contribution in [1.82, 2.24) is 0 Å². The Bertz CT molecular complexity index is 304. The van der Waals surface area contributed by atoms with E-state index in [2.05, 4.69) is 57.9 Å². The normalized spacial score (nSPS) is 13.2. The third-order valence-corrected chi connectivity index (χ3v) is 4.18. The Morgan fingerprint density at radius 3 is 2.05 bits per heavy atom. The Morgan fingerprint density at radius 1 is 0.905 bits per heavy atom. The van der Waals surface area contributed by atoms with Gasteiger partial charge in [-0.2, -0.15) is 0 Å². The summed E-state index contributed by atoms with van der Waals surface area (Å²) in [6, 6.07) is 0. The fraction of sp³-hybridized carbons (Fsp3) is 0.600. The predicted octanol–water partition coefficient (Wildman–Crippen LogP) is 5.52. The van der Waals surface area contributed by atoms with Crippen LogP contribution in [0.2, 0.25) is 0 Å². The first-order chi connectivity index (χ1) is 10.2. The summed E-state index contributed by atoms with van der Waals surface area (Å²) in [5.41, 5.74) is 0. The van der Waals surface area contributed by atoms with Crippen molar-refractivity contribution < 1.29 is 4.48 Å². The van der Waals surface area contributed by atoms with Gasteiger partial charge in [-0.15, -0.1) is 6.58 Å². The van der Waals surface area contributed by atoms with E-state index >= 15 is 0 Å². The second-order valence-corrected chi connectivity index (χ2v) is 6.06. The lowest BCUT2D eigenvalue weighted by molar-refractivity contribution is -0.915. The highest BCUT2D eigenvalue weighted by molar-refractivity contribution is 4.89. The SMILES string of the molecule is C=CCC=CC[N+](CC=C)(CC=C)CC(CC)CCCC. The number of unbranched alkanes of at least 4 members (excludes halogenated alkanes) is 1. The van der Waals surface area contributed by atoms with E-state index in [9.17, 15) is 0 Å². The Labute approximate surface area is 133 Å². The molecule has 0 N–H and O–H groups in total. The first-order valence-corrected chi connectivity index (χ1v) is 8.50. The van der Waals surface area contributed by atoms with E-state index in [4.69, 9.17) is 0 Å². The van der Waals surface area contributed by atoms with Gasteiger partial charge in [0.2, 0.25) is 0 Å². The van der Waals surface area contributed by atoms with Crippen LogP contribution in [-0.4, -0.2) is 30.7 Å². The molecule has 0 aromatic carbocycles. The number of allylic oxidation sites excluding steroid dienone is 2. The largest absolute Gasteiger partial charge is 0.314 e. The summed E-state index contributed by atoms with van der Waals surface area (Å²) < 4.78 is 1.06. The minimum absolute atomic E-state index is 0.803. The Hall–Kier alpha value is -1.08. The summed E-state index contributed by atoms with van der Waals surface area (Å²) in [5, 5.41) is 0. The number of nitrogens with zero attached hydrogens (tertiary/aromatic N) is 1. The molecule has 0 bridgehead atoms. The maximum Gasteiger partial charge on any atom is 0.0978 e. The fourth-order valence-electron chi connectivity index (χ4n) is 2.95. The van der Waals surface area contributed by atoms with Crippen molar-refractivity contribution in [2.24, 2.45) is 5.92 Å². The van der Waals surface area contributed by atoms with Gasteiger partial charge in [0.25, 0.3) is 0 Å². The Morgan fingerprint density at radius 2 is 1.57 bits per heavy atom. The van der Waals surface area contributed by atoms with Crippen LogP contribution >= 0.6 is 0 Å². The third-order valence-electron chi connectivity index (χ3n) is 4.18. The number of rotatable bonds is 14. The van der Waals surface area contributed by atoms with Gasteiger partial charge in [-0.3, -0.25) is 0 Å². The van der Waals surface area contributed by atoms with Crippen LogP contribution in [0.3, 0.4) is 0 Å². The standard InChI is InChI=1S/C20H36N/c1-6-11-13-14-18-21(16-8-3,17-9-4)19-20(10-5)15-12-7-2/h6,8-9,13-14,20H,1,3-4,7,10-12,15-19H2,2,5H3/q+1. The van der Waals surface area contributed by atoms with E-state index < -0.39 is 0 Å². The maximum absolute atomic E-state index is 3.98. The van der Waals surface area contributed by atoms with Crippen molar-refractivity contribution in [2.75, 3.05) is 26.2 Å². The van der Waals surface area contributed by atoms with Gasteiger partial charge >= 0.3 is 0 Å². The lowest BCUT2D eigenvalue weighted by Crippen LogP contribution is -2.51. The second-order valence-electron chi connectivity index (χ2n) is 6.06. The molecule has 0 aromatic heterocycles. The van der Waals surface area contributed by atoms with E-state index in [1.54, 1.807) is 0 Å². The zero-order valence-corrected chi connectivity index (χ0v) is 14.4. The molecular weight excluding hydrogens is 254 g/mol. The molecule has 120 valence electrons. The number of quaternary nitrogens is 1. The highest BCUT2D eigenvalue weighted by atomic mass is 15.3. The molecule has 1 nitrogen and oxygen atoms in total. The molecule has 0 fully saturated rings. The highest BCUT2D eigenvalue weighted by Gasteiger charge is 2.26. The fourth-order valence-corrected chi connectivity index (χ4v) is 2.95. The van der Waals surface area contributed by atoms with Crippen LogP contribution in [0.4, 0.5) is 0 Å². The van der Waals surface area contributed by atoms with Crippen LogP contribution in [0, 0.1) is 5.92 Å². The molecular formula is C20H36N+. The van der Waals surface area contributed by atoms with Gasteiger partial charge in [-0.25, -0.2) is 0 Å². The first-order valence-electron chi connectivity index (χ1n) is 8.50. The Kier molecular flexibility index (Phi) is 12.0. The van der Waals surface area contributed by atoms with Gasteiger partial charge in [0.05, 0.1) is 26.2 Å². The van der Waals surface area contributed by atoms with Crippen LogP contribution in [0.25, 0.3) is 0 Å². The minimum atomic E-state index is 0.803. The zero-order valence-electron chi connectivity index (χ0n) is 14.4. The maximum atomic E-state index is 3.98. The molecule has 0 rings (SSSR count). The molecule has 1 atom stereocenters. The molecule has 0 saturated carbocycles. The minimum Gasteiger partial charge on any atom is -0.314 e. The molecule has 0 aliphatic carbocycles. The van der Waals surface area contributed by atoms with E-state index in [-0.39, 0.29) is 0 Å². The number of hydrogen-bond acceptors (Lipinski definition) is 0. The van der Waals surface area contributed by atoms with E-state index in [1.165, 1.54) is 32.2 Å². The van der Waals surface area contributed by atoms with Crippen molar-refractivity contribution >= 4 is 0 Å². The van der Waals surface area contributed by atoms with E-state index in [0.717, 1.165) is 36.5 Å². The van der Waals surface area contributed by atoms with Crippen molar-refractivity contribution in [3.8, 4) is 0 Å². The molecule has 1 heteroatoms. The van der Waals surface area contributed by atoms with Gasteiger partial charge in [-0.1, -0.05) is 52.0 Å². The molecule has 21 heavy (non-hydrogen) atoms. The lowest BCUT2D eigenvalue weighted by Gasteiger charge is -2.39. The molecule has 0 heterocycles. The van der Waals surface area contributed by atoms with E-state index in [0.29, 0.717) is 0 Å². The summed E-state index contributed by atoms with van der Waals surface area (Å²) in [6.07, 6.45) is 16.8. The first kappa shape index (κ1) is 19.9. The topological polar surface area (TPSA) is 0 Å². The van der Waals surface area contributed by atoms with Gasteiger partial charge in [0.15, 0.2) is 0 Å². The van der Waals surface area contributed by atoms with Crippen LogP contribution in [0.1, 0.15) is 46.0 Å². The molecule has 1 unspecified atom stereocenters. The summed E-state index contributed by atoms with van der Waals surface area (Å²) in [5.74, 6) is 0.803. The summed E-state index contributed by atoms with van der Waals surface area (Å²) in [7, 11) is 0. The lowest BCUT2D eigenvalue weighted by atomic mass is 9.97. The molecule has 0 amide bonds. The average Bonchev–Trinajstić information content (AvgIpc) is 2.48. The monoisotopic (exact) mass is 290 g/mol. The molecule has 0 aromatic rings. The highest BCUT2D eigenvalue weighted by Crippen LogP contribution is 2.20. The summed E-state index contributed by atoms with van der Waals surface area (Å²) >= 11 is 0. The van der Waals surface area contributed by atoms with Gasteiger partial charge in [0.1, 0.15) is 0 Å². The molecule has 0 saturated heterocycles.